The van der Waals surface area contributed by atoms with Crippen LogP contribution < -0.4 is 0 Å². The smallest absolute Gasteiger partial charge is 0.807 e. The molecule has 614 valence electrons. The van der Waals surface area contributed by atoms with Gasteiger partial charge in [-0.2, -0.15) is 27.8 Å². The largest absolute Gasteiger partial charge is 4.00 e. The molecule has 0 spiro atoms. The fraction of sp³-hybridized carbons (Fsp3) is 0.342. The summed E-state index contributed by atoms with van der Waals surface area (Å²) in [5.74, 6) is -76.6. The molecule has 8 aromatic rings. The molecule has 1 atom stereocenters. The first-order valence-electron chi connectivity index (χ1n) is 32.0. The Hall–Kier alpha value is -7.17. The van der Waals surface area contributed by atoms with Crippen molar-refractivity contribution in [3.63, 3.8) is 0 Å². The number of benzene rings is 7. The van der Waals surface area contributed by atoms with Gasteiger partial charge in [0.15, 0.2) is 93.1 Å². The van der Waals surface area contributed by atoms with E-state index >= 15 is 0 Å². The zero-order valence-corrected chi connectivity index (χ0v) is 68.7. The molecule has 0 aliphatic heterocycles. The molecular formula is C76H70AlBrF28N5PTi. The predicted octanol–water partition coefficient (Wildman–Crippen LogP) is 30.9. The zero-order chi connectivity index (χ0) is 86.6. The Kier molecular flexibility index (Phi) is 36.4. The standard InChI is InChI=1S/2C18F14N2.C12H27NP.C12H23.C10H15.C6H5Br.Al.Ti/c2*19-1-3(21)9(27)15(10(28)4(1)22)33-17-13(31)7(25)8(26)14(32)18(17)34-16-11(29)5(23)2(20)6(24)12(16)30;1-10(2,3)14(13,11(4,5)6)12(7,8)9;1-10(12(5,6)7)8-9-11(2,3)4;1-6-7(2)9(4)10(5)8(6)3;7-6-4-2-1-3-5-6;;/h;;1-9H3;8-10H,1H2,2-7H3;1-5H3;1-5H;;/q2*-2;3*-1;;+3;+4/b;;;9-8+;;;;/t;;;10-;;;;/m...1..../s1. The molecule has 37 heteroatoms. The summed E-state index contributed by atoms with van der Waals surface area (Å²) in [5.41, 5.74) is -10.4. The van der Waals surface area contributed by atoms with Crippen molar-refractivity contribution in [3.8, 4) is 0 Å². The van der Waals surface area contributed by atoms with E-state index < -0.39 is 215 Å². The van der Waals surface area contributed by atoms with Gasteiger partial charge in [0, 0.05) is 4.47 Å². The van der Waals surface area contributed by atoms with Crippen molar-refractivity contribution in [3.05, 3.63) is 271 Å². The summed E-state index contributed by atoms with van der Waals surface area (Å²) >= 11 is 3.31. The van der Waals surface area contributed by atoms with Gasteiger partial charge in [-0.05, 0) is 33.0 Å². The molecule has 0 fully saturated rings. The summed E-state index contributed by atoms with van der Waals surface area (Å²) in [4.78, 5) is 0. The minimum absolute atomic E-state index is 0. The van der Waals surface area contributed by atoms with Crippen LogP contribution in [0.5, 0.6) is 0 Å². The molecule has 0 saturated carbocycles. The van der Waals surface area contributed by atoms with E-state index in [-0.39, 0.29) is 65.4 Å². The Morgan fingerprint density at radius 1 is 0.336 bits per heavy atom. The first kappa shape index (κ1) is 104. The molecule has 5 nitrogen and oxygen atoms in total. The monoisotopic (exact) mass is 1770 g/mol. The Morgan fingerprint density at radius 2 is 0.504 bits per heavy atom. The maximum atomic E-state index is 14.2. The Balaban J connectivity index is 0.000000743. The van der Waals surface area contributed by atoms with Crippen LogP contribution in [0.1, 0.15) is 132 Å². The molecule has 0 aliphatic rings. The van der Waals surface area contributed by atoms with E-state index in [0.717, 1.165) is 4.47 Å². The van der Waals surface area contributed by atoms with Gasteiger partial charge in [-0.25, -0.2) is 130 Å². The van der Waals surface area contributed by atoms with Crippen LogP contribution in [0.15, 0.2) is 47.0 Å². The van der Waals surface area contributed by atoms with Gasteiger partial charge in [-0.3, -0.25) is 0 Å². The average molecular weight is 1770 g/mol. The van der Waals surface area contributed by atoms with E-state index in [0.29, 0.717) is 5.92 Å². The minimum Gasteiger partial charge on any atom is -0.807 e. The van der Waals surface area contributed by atoms with E-state index in [1.807, 2.05) is 30.3 Å². The average Bonchev–Trinajstić information content (AvgIpc) is 1.28. The van der Waals surface area contributed by atoms with Crippen molar-refractivity contribution in [1.82, 2.24) is 0 Å². The molecule has 8 rings (SSSR count). The van der Waals surface area contributed by atoms with E-state index in [1.54, 1.807) is 0 Å². The number of nitrogens with zero attached hydrogens (tertiary/aromatic N) is 5. The van der Waals surface area contributed by atoms with Crippen LogP contribution in [-0.4, -0.2) is 32.8 Å². The van der Waals surface area contributed by atoms with Gasteiger partial charge in [0.1, 0.15) is 69.8 Å². The van der Waals surface area contributed by atoms with Gasteiger partial charge in [0.25, 0.3) is 0 Å². The molecule has 0 heterocycles. The fourth-order valence-corrected chi connectivity index (χ4v) is 16.7. The molecule has 0 bridgehead atoms. The second kappa shape index (κ2) is 39.6. The third-order valence-corrected chi connectivity index (χ3v) is 22.8. The molecule has 0 amide bonds. The molecule has 8 aromatic carbocycles. The van der Waals surface area contributed by atoms with Gasteiger partial charge < -0.3 is 33.4 Å². The van der Waals surface area contributed by atoms with Crippen LogP contribution in [0.25, 0.3) is 26.4 Å². The predicted molar refractivity (Wildman–Crippen MR) is 380 cm³/mol. The summed E-state index contributed by atoms with van der Waals surface area (Å²) in [5, 5.41) is 21.0. The third-order valence-electron chi connectivity index (χ3n) is 16.5. The van der Waals surface area contributed by atoms with Crippen LogP contribution in [-0.2, 0) is 21.7 Å². The van der Waals surface area contributed by atoms with Crippen LogP contribution in [0.4, 0.5) is 168 Å². The van der Waals surface area contributed by atoms with E-state index in [4.69, 9.17) is 0 Å². The molecular weight excluding hydrogens is 1700 g/mol. The number of hydrogen-bond donors (Lipinski definition) is 0. The Labute approximate surface area is 668 Å². The molecule has 0 unspecified atom stereocenters. The van der Waals surface area contributed by atoms with Crippen molar-refractivity contribution >= 4 is 85.8 Å². The first-order chi connectivity index (χ1) is 50.3. The third kappa shape index (κ3) is 22.9. The summed E-state index contributed by atoms with van der Waals surface area (Å²) in [6.45, 7) is 47.9. The Morgan fingerprint density at radius 3 is 0.619 bits per heavy atom. The van der Waals surface area contributed by atoms with Crippen molar-refractivity contribution in [2.75, 3.05) is 0 Å². The van der Waals surface area contributed by atoms with E-state index in [1.165, 1.54) is 27.8 Å². The SMILES string of the molecule is Brc1ccccc1.CC(C)(C)P(=[N-])(C(C)(C)C)C(C)(C)C.Cc1c(C)c(C)[c-](C)c1C.Fc1c(F)c(F)c([N-]c2c(F)c(F)c(F)c(F)c2[N-]c2c(F)c(F)c(F)c(F)c2F)c(F)c1F.Fc1c(F)c(F)c([N-]c2c(F)c(F)c(F)c(F)c2[N-]c2c(F)c(F)c(F)c(F)c2F)c(F)c1F.[Al+3].[CH2-][C@H](/C=C/C(C)(C)C)C(C)(C)C.[Ti+4]. The van der Waals surface area contributed by atoms with Gasteiger partial charge in [0.2, 0.25) is 0 Å². The second-order valence-electron chi connectivity index (χ2n) is 29.3. The summed E-state index contributed by atoms with van der Waals surface area (Å²) in [7, 11) is -2.02. The van der Waals surface area contributed by atoms with Crippen LogP contribution in [0, 0.1) is 221 Å². The zero-order valence-electron chi connectivity index (χ0n) is 63.5. The maximum absolute atomic E-state index is 14.2. The van der Waals surface area contributed by atoms with Gasteiger partial charge in [-0.15, -0.1) is 34.7 Å². The molecule has 113 heavy (non-hydrogen) atoms. The van der Waals surface area contributed by atoms with Crippen LogP contribution in [0.3, 0.4) is 0 Å². The van der Waals surface area contributed by atoms with E-state index in [9.17, 15) is 128 Å². The second-order valence-corrected chi connectivity index (χ2v) is 35.5. The Bertz CT molecular complexity index is 4220. The molecule has 0 aromatic heterocycles. The molecule has 0 radical (unpaired) electrons. The number of hydrogen-bond acceptors (Lipinski definition) is 0. The number of halogens is 29. The van der Waals surface area contributed by atoms with Crippen molar-refractivity contribution < 1.29 is 145 Å². The number of rotatable bonds is 9. The molecule has 0 N–H and O–H groups in total. The quantitative estimate of drug-likeness (QED) is 0.0263. The fourth-order valence-electron chi connectivity index (χ4n) is 10.4. The van der Waals surface area contributed by atoms with Gasteiger partial charge in [0.05, 0.1) is 0 Å². The van der Waals surface area contributed by atoms with Crippen molar-refractivity contribution in [2.24, 2.45) is 16.7 Å². The van der Waals surface area contributed by atoms with Crippen molar-refractivity contribution in [2.45, 2.75) is 154 Å². The first-order valence-corrected chi connectivity index (χ1v) is 34.5. The van der Waals surface area contributed by atoms with E-state index in [2.05, 4.69) is 195 Å². The molecule has 0 aliphatic carbocycles. The summed E-state index contributed by atoms with van der Waals surface area (Å²) in [6.07, 6.45) is 4.47. The summed E-state index contributed by atoms with van der Waals surface area (Å²) in [6, 6.07) is 9.97. The molecule has 0 saturated heterocycles. The van der Waals surface area contributed by atoms with Crippen molar-refractivity contribution in [1.29, 1.82) is 0 Å². The van der Waals surface area contributed by atoms with Crippen LogP contribution >= 0.6 is 23.0 Å². The summed E-state index contributed by atoms with van der Waals surface area (Å²) < 4.78 is 383. The minimum atomic E-state index is -2.81. The maximum Gasteiger partial charge on any atom is 4.00 e. The van der Waals surface area contributed by atoms with Crippen LogP contribution in [0.2, 0.25) is 0 Å². The topological polar surface area (TPSA) is 78.7 Å². The van der Waals surface area contributed by atoms with Gasteiger partial charge in [-0.1, -0.05) is 207 Å². The van der Waals surface area contributed by atoms with Gasteiger partial charge >= 0.3 is 39.1 Å². The number of allylic oxidation sites excluding steroid dienone is 2. The normalized spacial score (nSPS) is 12.0.